The van der Waals surface area contributed by atoms with Crippen LogP contribution >= 0.6 is 0 Å². The van der Waals surface area contributed by atoms with E-state index in [-0.39, 0.29) is 29.9 Å². The number of nitrogens with zero attached hydrogens (tertiary/aromatic N) is 5. The molecule has 1 amide bonds. The number of fused-ring (bicyclic) bond motifs is 5. The van der Waals surface area contributed by atoms with Crippen molar-refractivity contribution in [3.8, 4) is 23.1 Å². The molecule has 1 saturated carbocycles. The van der Waals surface area contributed by atoms with Crippen molar-refractivity contribution in [2.75, 3.05) is 39.8 Å². The Morgan fingerprint density at radius 3 is 2.67 bits per heavy atom. The number of nitrogens with one attached hydrogen (secondary N) is 1. The molecule has 4 saturated heterocycles. The van der Waals surface area contributed by atoms with Crippen LogP contribution in [-0.2, 0) is 17.6 Å². The van der Waals surface area contributed by atoms with Gasteiger partial charge in [0.1, 0.15) is 17.9 Å². The Morgan fingerprint density at radius 2 is 1.94 bits per heavy atom. The highest BCUT2D eigenvalue weighted by atomic mass is 19.1. The summed E-state index contributed by atoms with van der Waals surface area (Å²) in [5, 5.41) is 16.2. The molecule has 3 aromatic carbocycles. The van der Waals surface area contributed by atoms with Gasteiger partial charge in [-0.1, -0.05) is 24.3 Å². The smallest absolute Gasteiger partial charge is 0.223 e. The Labute approximate surface area is 296 Å². The van der Waals surface area contributed by atoms with Crippen molar-refractivity contribution in [1.82, 2.24) is 24.7 Å². The maximum absolute atomic E-state index is 17.6. The molecule has 262 valence electrons. The second-order valence-electron chi connectivity index (χ2n) is 15.0. The number of nitriles is 1. The fourth-order valence-corrected chi connectivity index (χ4v) is 9.11. The first kappa shape index (κ1) is 32.3. The molecule has 8 nitrogen and oxygen atoms in total. The van der Waals surface area contributed by atoms with Crippen molar-refractivity contribution in [2.45, 2.75) is 69.5 Å². The van der Waals surface area contributed by atoms with Gasteiger partial charge in [-0.05, 0) is 104 Å². The monoisotopic (exact) mass is 688 g/mol. The van der Waals surface area contributed by atoms with E-state index in [1.54, 1.807) is 6.07 Å². The number of aromatic nitrogens is 2. The Bertz CT molecular complexity index is 2230. The van der Waals surface area contributed by atoms with Gasteiger partial charge in [-0.25, -0.2) is 13.8 Å². The first-order chi connectivity index (χ1) is 24.9. The summed E-state index contributed by atoms with van der Waals surface area (Å²) in [6, 6.07) is 17.2. The van der Waals surface area contributed by atoms with E-state index in [1.165, 1.54) is 12.1 Å². The zero-order chi connectivity index (χ0) is 34.8. The molecule has 2 aromatic heterocycles. The van der Waals surface area contributed by atoms with Crippen LogP contribution in [0.25, 0.3) is 43.7 Å². The van der Waals surface area contributed by atoms with Gasteiger partial charge in [0.15, 0.2) is 5.82 Å². The largest absolute Gasteiger partial charge is 0.476 e. The molecule has 0 spiro atoms. The Hall–Kier alpha value is -4.59. The summed E-state index contributed by atoms with van der Waals surface area (Å²) in [6.45, 7) is 4.00. The van der Waals surface area contributed by atoms with Gasteiger partial charge in [-0.2, -0.15) is 5.26 Å². The van der Waals surface area contributed by atoms with Gasteiger partial charge in [0.2, 0.25) is 11.8 Å². The quantitative estimate of drug-likeness (QED) is 0.172. The predicted molar refractivity (Wildman–Crippen MR) is 194 cm³/mol. The van der Waals surface area contributed by atoms with Crippen molar-refractivity contribution in [3.05, 3.63) is 71.4 Å². The van der Waals surface area contributed by atoms with Crippen molar-refractivity contribution < 1.29 is 18.3 Å². The number of aryl methyl sites for hydroxylation is 2. The highest BCUT2D eigenvalue weighted by Gasteiger charge is 2.49. The van der Waals surface area contributed by atoms with E-state index in [2.05, 4.69) is 34.0 Å². The van der Waals surface area contributed by atoms with Crippen LogP contribution in [0.15, 0.2) is 48.5 Å². The SMILES string of the molecule is CN1CCC[C@H]1COc1nc2c(F)c(-c3cccc4ccc(F)cc34)c(CCC#N)cc2c2c1cc(CCC(=O)N1CCC1)n2C1C2CNC1C2. The van der Waals surface area contributed by atoms with Crippen molar-refractivity contribution in [1.29, 1.82) is 5.26 Å². The number of hydrogen-bond donors (Lipinski definition) is 1. The molecule has 51 heavy (non-hydrogen) atoms. The molecule has 5 fully saturated rings. The summed E-state index contributed by atoms with van der Waals surface area (Å²) < 4.78 is 41.2. The minimum atomic E-state index is -0.501. The van der Waals surface area contributed by atoms with Gasteiger partial charge in [0.05, 0.1) is 23.0 Å². The van der Waals surface area contributed by atoms with E-state index in [1.807, 2.05) is 29.2 Å². The number of likely N-dealkylation sites (N-methyl/N-ethyl adjacent to an activating group) is 1. The van der Waals surface area contributed by atoms with Gasteiger partial charge in [0.25, 0.3) is 0 Å². The summed E-state index contributed by atoms with van der Waals surface area (Å²) in [5.74, 6) is 0.0909. The molecule has 4 aliphatic heterocycles. The molecule has 2 bridgehead atoms. The number of likely N-dealkylation sites (tertiary alicyclic amines) is 2. The lowest BCUT2D eigenvalue weighted by molar-refractivity contribution is -0.134. The number of carbonyl (C=O) groups excluding carboxylic acids is 1. The molecule has 10 rings (SSSR count). The number of carbonyl (C=O) groups is 1. The van der Waals surface area contributed by atoms with Crippen LogP contribution < -0.4 is 10.1 Å². The first-order valence-electron chi connectivity index (χ1n) is 18.5. The minimum absolute atomic E-state index is 0.164. The van der Waals surface area contributed by atoms with Crippen LogP contribution in [-0.4, -0.2) is 77.2 Å². The van der Waals surface area contributed by atoms with Crippen molar-refractivity contribution in [3.63, 3.8) is 0 Å². The fraction of sp³-hybridized carbons (Fsp3) is 0.439. The van der Waals surface area contributed by atoms with E-state index < -0.39 is 11.6 Å². The number of amides is 1. The minimum Gasteiger partial charge on any atom is -0.476 e. The zero-order valence-electron chi connectivity index (χ0n) is 28.9. The molecule has 10 heteroatoms. The standard InChI is InChI=1S/C41H42F2N6O2/c1-47-15-4-8-29(47)23-51-41-33-21-28(12-13-35(50)48-16-5-17-48)49(39-26-19-34(39)45-22-26)40(33)32-18-25(7-3-14-44)36(37(43)38(32)46-41)30-9-2-6-24-10-11-27(42)20-31(24)30/h2,6,9-11,18,20-21,26,29,34,39,45H,3-5,7-8,12-13,15-17,19,22-23H2,1H3/t26?,29-,34?,39?/m0/s1. The second kappa shape index (κ2) is 12.9. The van der Waals surface area contributed by atoms with Gasteiger partial charge in [-0.15, -0.1) is 0 Å². The molecule has 4 atom stereocenters. The van der Waals surface area contributed by atoms with E-state index in [0.717, 1.165) is 73.8 Å². The van der Waals surface area contributed by atoms with Crippen LogP contribution in [0.5, 0.6) is 5.88 Å². The molecule has 3 unspecified atom stereocenters. The van der Waals surface area contributed by atoms with Crippen LogP contribution in [0.3, 0.4) is 0 Å². The summed E-state index contributed by atoms with van der Waals surface area (Å²) >= 11 is 0. The predicted octanol–water partition coefficient (Wildman–Crippen LogP) is 6.91. The summed E-state index contributed by atoms with van der Waals surface area (Å²) in [5.41, 5.74) is 3.69. The normalized spacial score (nSPS) is 22.8. The highest BCUT2D eigenvalue weighted by molar-refractivity contribution is 6.10. The van der Waals surface area contributed by atoms with E-state index in [4.69, 9.17) is 9.72 Å². The molecular weight excluding hydrogens is 646 g/mol. The number of pyridine rings is 1. The van der Waals surface area contributed by atoms with Crippen LogP contribution in [0, 0.1) is 28.9 Å². The van der Waals surface area contributed by atoms with Gasteiger partial charge in [-0.3, -0.25) is 4.79 Å². The third-order valence-corrected chi connectivity index (χ3v) is 12.0. The number of hydrogen-bond acceptors (Lipinski definition) is 6. The number of ether oxygens (including phenoxy) is 1. The van der Waals surface area contributed by atoms with E-state index in [0.29, 0.717) is 71.2 Å². The maximum Gasteiger partial charge on any atom is 0.223 e. The zero-order valence-corrected chi connectivity index (χ0v) is 28.9. The Morgan fingerprint density at radius 1 is 1.06 bits per heavy atom. The molecule has 1 aliphatic carbocycles. The topological polar surface area (TPSA) is 86.4 Å². The number of halogens is 2. The average molecular weight is 689 g/mol. The number of benzene rings is 3. The molecule has 6 heterocycles. The summed E-state index contributed by atoms with van der Waals surface area (Å²) in [4.78, 5) is 22.3. The van der Waals surface area contributed by atoms with Crippen LogP contribution in [0.2, 0.25) is 0 Å². The van der Waals surface area contributed by atoms with Gasteiger partial charge < -0.3 is 24.4 Å². The molecular formula is C41H42F2N6O2. The Kier molecular flexibility index (Phi) is 8.16. The van der Waals surface area contributed by atoms with Crippen molar-refractivity contribution >= 4 is 38.5 Å². The Balaban J connectivity index is 1.29. The van der Waals surface area contributed by atoms with Crippen LogP contribution in [0.1, 0.15) is 55.8 Å². The van der Waals surface area contributed by atoms with Crippen LogP contribution in [0.4, 0.5) is 8.78 Å². The third-order valence-electron chi connectivity index (χ3n) is 12.0. The lowest BCUT2D eigenvalue weighted by Gasteiger charge is -2.38. The van der Waals surface area contributed by atoms with Gasteiger partial charge in [0, 0.05) is 61.2 Å². The maximum atomic E-state index is 17.6. The second-order valence-corrected chi connectivity index (χ2v) is 15.0. The average Bonchev–Trinajstić information content (AvgIpc) is 3.90. The molecule has 1 N–H and O–H groups in total. The number of rotatable bonds is 10. The van der Waals surface area contributed by atoms with Crippen molar-refractivity contribution in [2.24, 2.45) is 5.92 Å². The third kappa shape index (κ3) is 5.44. The molecule has 5 aromatic rings. The highest BCUT2D eigenvalue weighted by Crippen LogP contribution is 2.49. The van der Waals surface area contributed by atoms with Gasteiger partial charge >= 0.3 is 0 Å². The summed E-state index contributed by atoms with van der Waals surface area (Å²) in [6.07, 6.45) is 5.75. The van der Waals surface area contributed by atoms with E-state index in [9.17, 15) is 14.4 Å². The molecule has 0 radical (unpaired) electrons. The fourth-order valence-electron chi connectivity index (χ4n) is 9.11. The molecule has 5 aliphatic rings. The lowest BCUT2D eigenvalue weighted by Crippen LogP contribution is -2.42. The lowest BCUT2D eigenvalue weighted by atomic mass is 9.79. The first-order valence-corrected chi connectivity index (χ1v) is 18.5. The summed E-state index contributed by atoms with van der Waals surface area (Å²) in [7, 11) is 2.11. The van der Waals surface area contributed by atoms with E-state index >= 15 is 4.39 Å².